The molecule has 2 aliphatic heterocycles. The van der Waals surface area contributed by atoms with Crippen LogP contribution >= 0.6 is 0 Å². The molecule has 2 fully saturated rings. The number of fused-ring (bicyclic) bond motifs is 1. The summed E-state index contributed by atoms with van der Waals surface area (Å²) < 4.78 is 0. The highest BCUT2D eigenvalue weighted by Gasteiger charge is 2.33. The molecule has 0 radical (unpaired) electrons. The van der Waals surface area contributed by atoms with Gasteiger partial charge in [-0.25, -0.2) is 0 Å². The maximum Gasteiger partial charge on any atom is 0.0224 e. The fourth-order valence-corrected chi connectivity index (χ4v) is 3.06. The lowest BCUT2D eigenvalue weighted by Crippen LogP contribution is -2.53. The lowest BCUT2D eigenvalue weighted by molar-refractivity contribution is 0.0704. The predicted octanol–water partition coefficient (Wildman–Crippen LogP) is 1.14. The molecular weight excluding hydrogens is 198 g/mol. The molecule has 16 heavy (non-hydrogen) atoms. The van der Waals surface area contributed by atoms with Gasteiger partial charge in [0.2, 0.25) is 0 Å². The Morgan fingerprint density at radius 3 is 2.81 bits per heavy atom. The minimum absolute atomic E-state index is 0.320. The summed E-state index contributed by atoms with van der Waals surface area (Å²) in [7, 11) is 0. The van der Waals surface area contributed by atoms with Crippen LogP contribution in [0.4, 0.5) is 0 Å². The molecule has 2 unspecified atom stereocenters. The first-order valence-electron chi connectivity index (χ1n) is 6.83. The molecule has 2 atom stereocenters. The Morgan fingerprint density at radius 2 is 2.12 bits per heavy atom. The molecule has 3 heteroatoms. The van der Waals surface area contributed by atoms with Crippen molar-refractivity contribution in [2.45, 2.75) is 39.2 Å². The minimum Gasteiger partial charge on any atom is -0.330 e. The van der Waals surface area contributed by atoms with Gasteiger partial charge in [-0.15, -0.1) is 0 Å². The quantitative estimate of drug-likeness (QED) is 0.779. The van der Waals surface area contributed by atoms with Crippen molar-refractivity contribution >= 4 is 0 Å². The lowest BCUT2D eigenvalue weighted by atomic mass is 9.86. The third-order valence-corrected chi connectivity index (χ3v) is 4.62. The van der Waals surface area contributed by atoms with Gasteiger partial charge in [-0.3, -0.25) is 9.80 Å². The minimum atomic E-state index is 0.320. The van der Waals surface area contributed by atoms with Gasteiger partial charge >= 0.3 is 0 Å². The van der Waals surface area contributed by atoms with Crippen LogP contribution in [-0.2, 0) is 0 Å². The fraction of sp³-hybridized carbons (Fsp3) is 1.00. The van der Waals surface area contributed by atoms with Gasteiger partial charge in [0.15, 0.2) is 0 Å². The van der Waals surface area contributed by atoms with Gasteiger partial charge < -0.3 is 5.73 Å². The van der Waals surface area contributed by atoms with Crippen molar-refractivity contribution < 1.29 is 0 Å². The highest BCUT2D eigenvalue weighted by molar-refractivity contribution is 4.89. The molecule has 0 amide bonds. The van der Waals surface area contributed by atoms with Crippen LogP contribution in [0.3, 0.4) is 0 Å². The van der Waals surface area contributed by atoms with Crippen molar-refractivity contribution in [2.24, 2.45) is 11.1 Å². The highest BCUT2D eigenvalue weighted by atomic mass is 15.3. The van der Waals surface area contributed by atoms with Crippen molar-refractivity contribution in [3.63, 3.8) is 0 Å². The molecule has 0 aromatic heterocycles. The second kappa shape index (κ2) is 5.03. The zero-order valence-corrected chi connectivity index (χ0v) is 10.9. The standard InChI is InChI=1S/C13H27N3/c1-3-13(2,10-14)11-15-7-8-16-6-4-5-12(16)9-15/h12H,3-11,14H2,1-2H3. The van der Waals surface area contributed by atoms with E-state index in [1.807, 2.05) is 0 Å². The zero-order chi connectivity index (χ0) is 11.6. The van der Waals surface area contributed by atoms with Crippen LogP contribution in [0.5, 0.6) is 0 Å². The van der Waals surface area contributed by atoms with E-state index in [2.05, 4.69) is 23.6 Å². The van der Waals surface area contributed by atoms with Crippen LogP contribution in [0.15, 0.2) is 0 Å². The highest BCUT2D eigenvalue weighted by Crippen LogP contribution is 2.26. The van der Waals surface area contributed by atoms with Gasteiger partial charge in [0.05, 0.1) is 0 Å². The van der Waals surface area contributed by atoms with Crippen LogP contribution in [0.25, 0.3) is 0 Å². The van der Waals surface area contributed by atoms with Crippen molar-refractivity contribution in [2.75, 3.05) is 39.3 Å². The number of piperazine rings is 1. The summed E-state index contributed by atoms with van der Waals surface area (Å²) in [5.74, 6) is 0. The van der Waals surface area contributed by atoms with E-state index < -0.39 is 0 Å². The van der Waals surface area contributed by atoms with E-state index in [1.165, 1.54) is 52.0 Å². The van der Waals surface area contributed by atoms with E-state index in [0.29, 0.717) is 5.41 Å². The van der Waals surface area contributed by atoms with E-state index >= 15 is 0 Å². The van der Waals surface area contributed by atoms with Crippen molar-refractivity contribution in [1.29, 1.82) is 0 Å². The Bertz CT molecular complexity index is 225. The molecule has 2 heterocycles. The number of nitrogens with two attached hydrogens (primary N) is 1. The number of hydrogen-bond donors (Lipinski definition) is 1. The van der Waals surface area contributed by atoms with Crippen molar-refractivity contribution in [1.82, 2.24) is 9.80 Å². The van der Waals surface area contributed by atoms with Crippen molar-refractivity contribution in [3.05, 3.63) is 0 Å². The molecule has 3 nitrogen and oxygen atoms in total. The van der Waals surface area contributed by atoms with Gasteiger partial charge in [0.1, 0.15) is 0 Å². The summed E-state index contributed by atoms with van der Waals surface area (Å²) in [6.45, 7) is 11.7. The summed E-state index contributed by atoms with van der Waals surface area (Å²) in [5.41, 5.74) is 6.22. The Morgan fingerprint density at radius 1 is 1.31 bits per heavy atom. The summed E-state index contributed by atoms with van der Waals surface area (Å²) in [6, 6.07) is 0.840. The average Bonchev–Trinajstić information content (AvgIpc) is 2.76. The maximum absolute atomic E-state index is 5.90. The molecule has 0 saturated carbocycles. The smallest absolute Gasteiger partial charge is 0.0224 e. The molecule has 2 N–H and O–H groups in total. The molecule has 2 rings (SSSR count). The Kier molecular flexibility index (Phi) is 3.88. The fourth-order valence-electron chi connectivity index (χ4n) is 3.06. The van der Waals surface area contributed by atoms with Crippen LogP contribution in [0.1, 0.15) is 33.1 Å². The third kappa shape index (κ3) is 2.58. The van der Waals surface area contributed by atoms with Gasteiger partial charge in [0.25, 0.3) is 0 Å². The summed E-state index contributed by atoms with van der Waals surface area (Å²) in [4.78, 5) is 5.31. The third-order valence-electron chi connectivity index (χ3n) is 4.62. The van der Waals surface area contributed by atoms with Crippen LogP contribution < -0.4 is 5.73 Å². The molecule has 2 aliphatic rings. The van der Waals surface area contributed by atoms with Crippen molar-refractivity contribution in [3.8, 4) is 0 Å². The topological polar surface area (TPSA) is 32.5 Å². The Labute approximate surface area is 100.0 Å². The monoisotopic (exact) mass is 225 g/mol. The first kappa shape index (κ1) is 12.3. The van der Waals surface area contributed by atoms with Crippen LogP contribution in [-0.4, -0.2) is 55.1 Å². The number of nitrogens with zero attached hydrogens (tertiary/aromatic N) is 2. The Balaban J connectivity index is 1.87. The Hall–Kier alpha value is -0.120. The summed E-state index contributed by atoms with van der Waals surface area (Å²) in [5, 5.41) is 0. The number of rotatable bonds is 4. The van der Waals surface area contributed by atoms with E-state index in [4.69, 9.17) is 5.73 Å². The SMILES string of the molecule is CCC(C)(CN)CN1CCN2CCCC2C1. The molecule has 0 aromatic rings. The normalized spacial score (nSPS) is 31.3. The molecule has 0 bridgehead atoms. The number of hydrogen-bond acceptors (Lipinski definition) is 3. The lowest BCUT2D eigenvalue weighted by Gasteiger charge is -2.41. The second-order valence-corrected chi connectivity index (χ2v) is 5.94. The summed E-state index contributed by atoms with van der Waals surface area (Å²) >= 11 is 0. The predicted molar refractivity (Wildman–Crippen MR) is 68.5 cm³/mol. The van der Waals surface area contributed by atoms with E-state index in [1.54, 1.807) is 0 Å². The zero-order valence-electron chi connectivity index (χ0n) is 10.9. The molecule has 94 valence electrons. The summed E-state index contributed by atoms with van der Waals surface area (Å²) in [6.07, 6.45) is 4.00. The van der Waals surface area contributed by atoms with Gasteiger partial charge in [-0.05, 0) is 37.8 Å². The largest absolute Gasteiger partial charge is 0.330 e. The maximum atomic E-state index is 5.90. The molecule has 2 saturated heterocycles. The first-order chi connectivity index (χ1) is 7.67. The van der Waals surface area contributed by atoms with Crippen LogP contribution in [0.2, 0.25) is 0 Å². The van der Waals surface area contributed by atoms with E-state index in [0.717, 1.165) is 12.6 Å². The first-order valence-corrected chi connectivity index (χ1v) is 6.83. The van der Waals surface area contributed by atoms with E-state index in [-0.39, 0.29) is 0 Å². The molecule has 0 aliphatic carbocycles. The van der Waals surface area contributed by atoms with Gasteiger partial charge in [-0.1, -0.05) is 13.8 Å². The van der Waals surface area contributed by atoms with E-state index in [9.17, 15) is 0 Å². The molecule has 0 spiro atoms. The second-order valence-electron chi connectivity index (χ2n) is 5.94. The molecular formula is C13H27N3. The molecule has 0 aromatic carbocycles. The van der Waals surface area contributed by atoms with Gasteiger partial charge in [0, 0.05) is 32.2 Å². The van der Waals surface area contributed by atoms with Crippen LogP contribution in [0, 0.1) is 5.41 Å². The average molecular weight is 225 g/mol. The van der Waals surface area contributed by atoms with Gasteiger partial charge in [-0.2, -0.15) is 0 Å².